The summed E-state index contributed by atoms with van der Waals surface area (Å²) in [6.45, 7) is 5.15. The molecule has 16 heteroatoms. The number of aliphatic carboxylic acids is 3. The van der Waals surface area contributed by atoms with Crippen LogP contribution in [0.5, 0.6) is 0 Å². The molecule has 16 nitrogen and oxygen atoms in total. The molecule has 0 aliphatic carbocycles. The molecule has 1 aliphatic heterocycles. The summed E-state index contributed by atoms with van der Waals surface area (Å²) in [6.07, 6.45) is 3.21. The number of nitrogens with one attached hydrogen (secondary N) is 3. The first-order chi connectivity index (χ1) is 23.0. The number of amides is 2. The molecule has 1 heterocycles. The summed E-state index contributed by atoms with van der Waals surface area (Å²) < 4.78 is 0. The van der Waals surface area contributed by atoms with E-state index >= 15 is 0 Å². The van der Waals surface area contributed by atoms with E-state index in [-0.39, 0.29) is 57.6 Å². The van der Waals surface area contributed by atoms with Gasteiger partial charge in [0.25, 0.3) is 11.8 Å². The fourth-order valence-corrected chi connectivity index (χ4v) is 5.20. The van der Waals surface area contributed by atoms with Crippen molar-refractivity contribution in [2.45, 2.75) is 38.8 Å². The quantitative estimate of drug-likeness (QED) is 0.0791. The van der Waals surface area contributed by atoms with Gasteiger partial charge in [0.1, 0.15) is 6.17 Å². The third kappa shape index (κ3) is 16.2. The second-order valence-corrected chi connectivity index (χ2v) is 11.7. The van der Waals surface area contributed by atoms with E-state index in [0.29, 0.717) is 69.8 Å². The van der Waals surface area contributed by atoms with Gasteiger partial charge in [-0.15, -0.1) is 0 Å². The Labute approximate surface area is 281 Å². The van der Waals surface area contributed by atoms with Gasteiger partial charge in [-0.1, -0.05) is 13.3 Å². The van der Waals surface area contributed by atoms with Crippen LogP contribution in [0.4, 0.5) is 0 Å². The van der Waals surface area contributed by atoms with Gasteiger partial charge in [0.05, 0.1) is 19.6 Å². The SMILES string of the molecule is CCCCNC(=O)c1ccc(C(=O)NCCCCNC(C=O)N2CCN(CC(=O)O)CCN(CC(=O)O)CCN(CC(=O)O)CC2)cc1. The maximum Gasteiger partial charge on any atom is 0.317 e. The summed E-state index contributed by atoms with van der Waals surface area (Å²) in [4.78, 5) is 78.2. The van der Waals surface area contributed by atoms with Crippen LogP contribution in [0.15, 0.2) is 24.3 Å². The van der Waals surface area contributed by atoms with E-state index in [9.17, 15) is 44.1 Å². The van der Waals surface area contributed by atoms with Crippen LogP contribution < -0.4 is 16.0 Å². The average Bonchev–Trinajstić information content (AvgIpc) is 3.04. The van der Waals surface area contributed by atoms with Crippen molar-refractivity contribution in [2.75, 3.05) is 91.6 Å². The van der Waals surface area contributed by atoms with E-state index in [1.54, 1.807) is 39.0 Å². The number of carboxylic acids is 3. The number of carboxylic acid groups (broad SMARTS) is 3. The van der Waals surface area contributed by atoms with Gasteiger partial charge in [0.15, 0.2) is 6.29 Å². The van der Waals surface area contributed by atoms with Crippen LogP contribution >= 0.6 is 0 Å². The molecule has 1 saturated heterocycles. The highest BCUT2D eigenvalue weighted by molar-refractivity contribution is 5.97. The number of rotatable bonds is 19. The zero-order valence-electron chi connectivity index (χ0n) is 27.8. The van der Waals surface area contributed by atoms with Crippen molar-refractivity contribution in [3.63, 3.8) is 0 Å². The maximum absolute atomic E-state index is 12.6. The van der Waals surface area contributed by atoms with Gasteiger partial charge in [0.2, 0.25) is 0 Å². The van der Waals surface area contributed by atoms with E-state index in [2.05, 4.69) is 16.0 Å². The van der Waals surface area contributed by atoms with Crippen molar-refractivity contribution in [2.24, 2.45) is 0 Å². The lowest BCUT2D eigenvalue weighted by Crippen LogP contribution is -2.54. The van der Waals surface area contributed by atoms with Gasteiger partial charge in [-0.25, -0.2) is 0 Å². The van der Waals surface area contributed by atoms with Gasteiger partial charge in [-0.3, -0.25) is 48.9 Å². The number of aldehydes is 1. The minimum Gasteiger partial charge on any atom is -0.480 e. The Balaban J connectivity index is 1.91. The normalized spacial score (nSPS) is 16.6. The van der Waals surface area contributed by atoms with Crippen LogP contribution in [0.1, 0.15) is 53.3 Å². The van der Waals surface area contributed by atoms with Gasteiger partial charge < -0.3 is 30.7 Å². The molecule has 1 aromatic carbocycles. The minimum atomic E-state index is -1.03. The number of unbranched alkanes of at least 4 members (excludes halogenated alkanes) is 2. The number of carbonyl (C=O) groups is 6. The number of nitrogens with zero attached hydrogens (tertiary/aromatic N) is 4. The van der Waals surface area contributed by atoms with Crippen LogP contribution in [-0.4, -0.2) is 169 Å². The monoisotopic (exact) mass is 677 g/mol. The van der Waals surface area contributed by atoms with Crippen LogP contribution in [0.3, 0.4) is 0 Å². The average molecular weight is 678 g/mol. The van der Waals surface area contributed by atoms with Crippen molar-refractivity contribution in [3.8, 4) is 0 Å². The standard InChI is InChI=1S/C32H51N7O9/c1-2-3-10-34-31(47)25-6-8-26(9-7-25)32(48)35-12-5-4-11-33-27(24-40)39-19-17-37(22-29(43)44)15-13-36(21-28(41)42)14-16-38(18-20-39)23-30(45)46/h6-9,24,27,33H,2-5,10-23H2,1H3,(H,34,47)(H,35,48)(H,41,42)(H,43,44)(H,45,46). The van der Waals surface area contributed by atoms with Gasteiger partial charge >= 0.3 is 17.9 Å². The van der Waals surface area contributed by atoms with E-state index in [1.165, 1.54) is 0 Å². The van der Waals surface area contributed by atoms with Crippen molar-refractivity contribution < 1.29 is 44.1 Å². The molecule has 1 aliphatic rings. The van der Waals surface area contributed by atoms with E-state index in [4.69, 9.17) is 0 Å². The summed E-state index contributed by atoms with van der Waals surface area (Å²) >= 11 is 0. The van der Waals surface area contributed by atoms with Crippen molar-refractivity contribution in [1.82, 2.24) is 35.6 Å². The number of hydrogen-bond donors (Lipinski definition) is 6. The molecule has 1 aromatic rings. The highest BCUT2D eigenvalue weighted by Gasteiger charge is 2.23. The first kappa shape index (κ1) is 40.2. The second-order valence-electron chi connectivity index (χ2n) is 11.7. The summed E-state index contributed by atoms with van der Waals surface area (Å²) in [7, 11) is 0. The Bertz CT molecular complexity index is 1150. The molecule has 1 unspecified atom stereocenters. The van der Waals surface area contributed by atoms with E-state index < -0.39 is 24.1 Å². The lowest BCUT2D eigenvalue weighted by molar-refractivity contribution is -0.140. The lowest BCUT2D eigenvalue weighted by atomic mass is 10.1. The molecule has 268 valence electrons. The first-order valence-corrected chi connectivity index (χ1v) is 16.4. The molecule has 1 fully saturated rings. The van der Waals surface area contributed by atoms with Crippen LogP contribution in [-0.2, 0) is 19.2 Å². The van der Waals surface area contributed by atoms with Crippen LogP contribution in [0, 0.1) is 0 Å². The molecule has 0 spiro atoms. The zero-order chi connectivity index (χ0) is 35.3. The van der Waals surface area contributed by atoms with Crippen molar-refractivity contribution >= 4 is 36.0 Å². The fraction of sp³-hybridized carbons (Fsp3) is 0.625. The molecule has 0 saturated carbocycles. The molecule has 0 bridgehead atoms. The molecule has 2 rings (SSSR count). The Kier molecular flexibility index (Phi) is 18.9. The molecular weight excluding hydrogens is 626 g/mol. The summed E-state index contributed by atoms with van der Waals surface area (Å²) in [5.74, 6) is -3.51. The number of hydrogen-bond acceptors (Lipinski definition) is 11. The Morgan fingerprint density at radius 2 is 1.02 bits per heavy atom. The summed E-state index contributed by atoms with van der Waals surface area (Å²) in [6, 6.07) is 6.46. The molecule has 6 N–H and O–H groups in total. The predicted molar refractivity (Wildman–Crippen MR) is 177 cm³/mol. The molecule has 1 atom stereocenters. The number of benzene rings is 1. The highest BCUT2D eigenvalue weighted by atomic mass is 16.4. The van der Waals surface area contributed by atoms with E-state index in [1.807, 2.05) is 11.8 Å². The topological polar surface area (TPSA) is 212 Å². The third-order valence-corrected chi connectivity index (χ3v) is 7.94. The zero-order valence-corrected chi connectivity index (χ0v) is 27.8. The Morgan fingerprint density at radius 1 is 0.646 bits per heavy atom. The first-order valence-electron chi connectivity index (χ1n) is 16.4. The molecule has 48 heavy (non-hydrogen) atoms. The minimum absolute atomic E-state index is 0.177. The van der Waals surface area contributed by atoms with Crippen molar-refractivity contribution in [3.05, 3.63) is 35.4 Å². The molecule has 0 radical (unpaired) electrons. The van der Waals surface area contributed by atoms with Crippen LogP contribution in [0.25, 0.3) is 0 Å². The van der Waals surface area contributed by atoms with Gasteiger partial charge in [-0.05, 0) is 50.1 Å². The molecular formula is C32H51N7O9. The van der Waals surface area contributed by atoms with Crippen molar-refractivity contribution in [1.29, 1.82) is 0 Å². The van der Waals surface area contributed by atoms with E-state index in [0.717, 1.165) is 19.1 Å². The van der Waals surface area contributed by atoms with Crippen LogP contribution in [0.2, 0.25) is 0 Å². The van der Waals surface area contributed by atoms with Gasteiger partial charge in [0, 0.05) is 76.6 Å². The fourth-order valence-electron chi connectivity index (χ4n) is 5.20. The Hall–Kier alpha value is -3.96. The third-order valence-electron chi connectivity index (χ3n) is 7.94. The smallest absolute Gasteiger partial charge is 0.317 e. The molecule has 2 amide bonds. The second kappa shape index (κ2) is 22.6. The number of carbonyl (C=O) groups excluding carboxylic acids is 3. The molecule has 0 aromatic heterocycles. The largest absolute Gasteiger partial charge is 0.480 e. The highest BCUT2D eigenvalue weighted by Crippen LogP contribution is 2.06. The summed E-state index contributed by atoms with van der Waals surface area (Å²) in [5, 5.41) is 37.1. The van der Waals surface area contributed by atoms with Gasteiger partial charge in [-0.2, -0.15) is 0 Å². The Morgan fingerprint density at radius 3 is 1.40 bits per heavy atom. The summed E-state index contributed by atoms with van der Waals surface area (Å²) in [5.41, 5.74) is 0.931. The lowest BCUT2D eigenvalue weighted by Gasteiger charge is -2.35. The predicted octanol–water partition coefficient (Wildman–Crippen LogP) is -0.683. The maximum atomic E-state index is 12.6.